The van der Waals surface area contributed by atoms with E-state index in [1.54, 1.807) is 6.33 Å². The molecule has 4 heteroatoms. The Kier molecular flexibility index (Phi) is 3.54. The highest BCUT2D eigenvalue weighted by atomic mass is 16.5. The third-order valence-corrected chi connectivity index (χ3v) is 2.58. The number of H-pyrrole nitrogens is 1. The topological polar surface area (TPSA) is 49.9 Å². The lowest BCUT2D eigenvalue weighted by Crippen LogP contribution is -2.25. The molecule has 1 unspecified atom stereocenters. The van der Waals surface area contributed by atoms with Crippen molar-refractivity contribution in [2.45, 2.75) is 12.8 Å². The van der Waals surface area contributed by atoms with Gasteiger partial charge in [-0.25, -0.2) is 4.98 Å². The molecule has 1 fully saturated rings. The summed E-state index contributed by atoms with van der Waals surface area (Å²) in [5.41, 5.74) is 1.19. The van der Waals surface area contributed by atoms with E-state index in [0.717, 1.165) is 38.6 Å². The van der Waals surface area contributed by atoms with E-state index in [1.165, 1.54) is 12.1 Å². The smallest absolute Gasteiger partial charge is 0.0921 e. The minimum Gasteiger partial charge on any atom is -0.381 e. The Morgan fingerprint density at radius 2 is 2.64 bits per heavy atom. The maximum absolute atomic E-state index is 5.30. The molecule has 0 saturated carbocycles. The average Bonchev–Trinajstić information content (AvgIpc) is 2.86. The van der Waals surface area contributed by atoms with Crippen LogP contribution in [0, 0.1) is 5.92 Å². The van der Waals surface area contributed by atoms with Gasteiger partial charge in [0.15, 0.2) is 0 Å². The third-order valence-electron chi connectivity index (χ3n) is 2.58. The van der Waals surface area contributed by atoms with Gasteiger partial charge in [-0.3, -0.25) is 0 Å². The van der Waals surface area contributed by atoms with Gasteiger partial charge in [0.05, 0.1) is 12.9 Å². The molecule has 1 aliphatic heterocycles. The van der Waals surface area contributed by atoms with Crippen LogP contribution in [0.15, 0.2) is 12.5 Å². The predicted octanol–water partition coefficient (Wildman–Crippen LogP) is 0.578. The summed E-state index contributed by atoms with van der Waals surface area (Å²) < 4.78 is 5.30. The Morgan fingerprint density at radius 1 is 1.64 bits per heavy atom. The lowest BCUT2D eigenvalue weighted by molar-refractivity contribution is 0.185. The van der Waals surface area contributed by atoms with Crippen LogP contribution in [0.2, 0.25) is 0 Å². The molecule has 2 N–H and O–H groups in total. The number of rotatable bonds is 5. The van der Waals surface area contributed by atoms with Crippen molar-refractivity contribution in [2.24, 2.45) is 5.92 Å². The zero-order valence-electron chi connectivity index (χ0n) is 8.33. The molecule has 0 amide bonds. The van der Waals surface area contributed by atoms with Gasteiger partial charge in [-0.1, -0.05) is 0 Å². The number of hydrogen-bond acceptors (Lipinski definition) is 3. The predicted molar refractivity (Wildman–Crippen MR) is 54.1 cm³/mol. The van der Waals surface area contributed by atoms with Crippen LogP contribution in [0.3, 0.4) is 0 Å². The summed E-state index contributed by atoms with van der Waals surface area (Å²) in [7, 11) is 0. The number of nitrogens with one attached hydrogen (secondary N) is 2. The lowest BCUT2D eigenvalue weighted by Gasteiger charge is -2.08. The quantitative estimate of drug-likeness (QED) is 0.676. The van der Waals surface area contributed by atoms with Crippen molar-refractivity contribution >= 4 is 0 Å². The number of ether oxygens (including phenoxy) is 1. The first kappa shape index (κ1) is 9.68. The molecule has 0 radical (unpaired) electrons. The number of imidazole rings is 1. The van der Waals surface area contributed by atoms with Crippen LogP contribution in [-0.4, -0.2) is 36.3 Å². The maximum atomic E-state index is 5.30. The second-order valence-corrected chi connectivity index (χ2v) is 3.76. The van der Waals surface area contributed by atoms with Gasteiger partial charge in [0.25, 0.3) is 0 Å². The van der Waals surface area contributed by atoms with Crippen LogP contribution in [0.25, 0.3) is 0 Å². The Labute approximate surface area is 84.1 Å². The van der Waals surface area contributed by atoms with Crippen molar-refractivity contribution in [1.82, 2.24) is 15.3 Å². The van der Waals surface area contributed by atoms with Gasteiger partial charge in [0.1, 0.15) is 0 Å². The van der Waals surface area contributed by atoms with Crippen LogP contribution >= 0.6 is 0 Å². The van der Waals surface area contributed by atoms with E-state index in [0.29, 0.717) is 0 Å². The minimum atomic E-state index is 0.719. The molecule has 1 aromatic rings. The monoisotopic (exact) mass is 195 g/mol. The zero-order chi connectivity index (χ0) is 9.64. The second kappa shape index (κ2) is 5.12. The van der Waals surface area contributed by atoms with Crippen LogP contribution in [0.4, 0.5) is 0 Å². The number of aromatic nitrogens is 2. The largest absolute Gasteiger partial charge is 0.381 e. The van der Waals surface area contributed by atoms with Gasteiger partial charge >= 0.3 is 0 Å². The van der Waals surface area contributed by atoms with E-state index >= 15 is 0 Å². The molecule has 78 valence electrons. The molecule has 1 saturated heterocycles. The summed E-state index contributed by atoms with van der Waals surface area (Å²) in [6.07, 6.45) is 5.82. The molecule has 0 spiro atoms. The summed E-state index contributed by atoms with van der Waals surface area (Å²) in [4.78, 5) is 7.06. The average molecular weight is 195 g/mol. The normalized spacial score (nSPS) is 21.6. The van der Waals surface area contributed by atoms with E-state index < -0.39 is 0 Å². The van der Waals surface area contributed by atoms with Gasteiger partial charge in [0, 0.05) is 38.0 Å². The highest BCUT2D eigenvalue weighted by Gasteiger charge is 2.14. The molecule has 0 aromatic carbocycles. The zero-order valence-corrected chi connectivity index (χ0v) is 8.33. The van der Waals surface area contributed by atoms with Gasteiger partial charge in [0.2, 0.25) is 0 Å². The third kappa shape index (κ3) is 2.82. The molecule has 1 aliphatic rings. The summed E-state index contributed by atoms with van der Waals surface area (Å²) in [6, 6.07) is 0. The standard InChI is InChI=1S/C10H17N3O/c1(10-6-12-8-13-10)3-11-5-9-2-4-14-7-9/h6,8-9,11H,1-5,7H2,(H,12,13). The van der Waals surface area contributed by atoms with Crippen molar-refractivity contribution in [3.05, 3.63) is 18.2 Å². The van der Waals surface area contributed by atoms with Crippen LogP contribution in [-0.2, 0) is 11.2 Å². The molecule has 2 rings (SSSR count). The molecule has 0 bridgehead atoms. The van der Waals surface area contributed by atoms with Crippen molar-refractivity contribution in [1.29, 1.82) is 0 Å². The molecule has 1 aromatic heterocycles. The first-order chi connectivity index (χ1) is 6.95. The fraction of sp³-hybridized carbons (Fsp3) is 0.700. The Hall–Kier alpha value is -0.870. The molecule has 14 heavy (non-hydrogen) atoms. The highest BCUT2D eigenvalue weighted by Crippen LogP contribution is 2.10. The summed E-state index contributed by atoms with van der Waals surface area (Å²) >= 11 is 0. The molecule has 2 heterocycles. The van der Waals surface area contributed by atoms with Gasteiger partial charge in [-0.05, 0) is 12.3 Å². The van der Waals surface area contributed by atoms with Crippen molar-refractivity contribution in [2.75, 3.05) is 26.3 Å². The van der Waals surface area contributed by atoms with E-state index in [-0.39, 0.29) is 0 Å². The first-order valence-corrected chi connectivity index (χ1v) is 5.21. The number of nitrogens with zero attached hydrogens (tertiary/aromatic N) is 1. The Balaban J connectivity index is 1.55. The van der Waals surface area contributed by atoms with Gasteiger partial charge < -0.3 is 15.0 Å². The van der Waals surface area contributed by atoms with E-state index in [9.17, 15) is 0 Å². The second-order valence-electron chi connectivity index (χ2n) is 3.76. The van der Waals surface area contributed by atoms with E-state index in [4.69, 9.17) is 4.74 Å². The first-order valence-electron chi connectivity index (χ1n) is 5.21. The number of aromatic amines is 1. The molecular formula is C10H17N3O. The lowest BCUT2D eigenvalue weighted by atomic mass is 10.1. The van der Waals surface area contributed by atoms with Gasteiger partial charge in [-0.15, -0.1) is 0 Å². The SMILES string of the molecule is c1ncc(CCNCC2CCOC2)[nH]1. The Bertz CT molecular complexity index is 242. The van der Waals surface area contributed by atoms with Crippen molar-refractivity contribution in [3.8, 4) is 0 Å². The van der Waals surface area contributed by atoms with Crippen molar-refractivity contribution in [3.63, 3.8) is 0 Å². The highest BCUT2D eigenvalue weighted by molar-refractivity contribution is 4.94. The van der Waals surface area contributed by atoms with Crippen molar-refractivity contribution < 1.29 is 4.74 Å². The fourth-order valence-electron chi connectivity index (χ4n) is 1.69. The summed E-state index contributed by atoms with van der Waals surface area (Å²) in [5.74, 6) is 0.719. The molecular weight excluding hydrogens is 178 g/mol. The molecule has 0 aliphatic carbocycles. The fourth-order valence-corrected chi connectivity index (χ4v) is 1.69. The van der Waals surface area contributed by atoms with E-state index in [2.05, 4.69) is 15.3 Å². The van der Waals surface area contributed by atoms with Crippen LogP contribution in [0.1, 0.15) is 12.1 Å². The number of hydrogen-bond donors (Lipinski definition) is 2. The summed E-state index contributed by atoms with van der Waals surface area (Å²) in [5, 5.41) is 3.44. The minimum absolute atomic E-state index is 0.719. The van der Waals surface area contributed by atoms with Gasteiger partial charge in [-0.2, -0.15) is 0 Å². The van der Waals surface area contributed by atoms with Crippen LogP contribution in [0.5, 0.6) is 0 Å². The summed E-state index contributed by atoms with van der Waals surface area (Å²) in [6.45, 7) is 3.96. The van der Waals surface area contributed by atoms with E-state index in [1.807, 2.05) is 6.20 Å². The van der Waals surface area contributed by atoms with Crippen LogP contribution < -0.4 is 5.32 Å². The molecule has 4 nitrogen and oxygen atoms in total. The molecule has 1 atom stereocenters. The maximum Gasteiger partial charge on any atom is 0.0921 e. The Morgan fingerprint density at radius 3 is 3.36 bits per heavy atom.